The van der Waals surface area contributed by atoms with Gasteiger partial charge in [-0.15, -0.1) is 0 Å². The third kappa shape index (κ3) is 6.86. The van der Waals surface area contributed by atoms with Gasteiger partial charge in [-0.05, 0) is 43.5 Å². The molecule has 1 aliphatic rings. The van der Waals surface area contributed by atoms with Crippen LogP contribution < -0.4 is 10.6 Å². The van der Waals surface area contributed by atoms with Crippen molar-refractivity contribution in [2.24, 2.45) is 5.92 Å². The predicted octanol–water partition coefficient (Wildman–Crippen LogP) is 3.53. The Hall–Kier alpha value is -2.28. The van der Waals surface area contributed by atoms with E-state index >= 15 is 0 Å². The summed E-state index contributed by atoms with van der Waals surface area (Å²) < 4.78 is 0. The topological polar surface area (TPSA) is 81.8 Å². The number of hydrogen-bond donors (Lipinski definition) is 2. The summed E-state index contributed by atoms with van der Waals surface area (Å²) in [5.41, 5.74) is 0.465. The number of halogens is 1. The molecular formula is C23H35ClN4O3. The van der Waals surface area contributed by atoms with Crippen molar-refractivity contribution in [3.8, 4) is 0 Å². The molecular weight excluding hydrogens is 416 g/mol. The van der Waals surface area contributed by atoms with Crippen LogP contribution in [0.3, 0.4) is 0 Å². The summed E-state index contributed by atoms with van der Waals surface area (Å²) in [7, 11) is 0. The highest BCUT2D eigenvalue weighted by atomic mass is 35.5. The number of benzene rings is 1. The Labute approximate surface area is 190 Å². The lowest BCUT2D eigenvalue weighted by molar-refractivity contribution is -0.136. The van der Waals surface area contributed by atoms with Crippen LogP contribution in [-0.2, 0) is 4.79 Å². The highest BCUT2D eigenvalue weighted by molar-refractivity contribution is 6.30. The SMILES string of the molecule is CCCCNC(=O)N1CCN(C(=O)C(NC(=O)c2ccc(Cl)cc2)C(C)CC)CC1C. The largest absolute Gasteiger partial charge is 0.340 e. The van der Waals surface area contributed by atoms with E-state index in [1.807, 2.05) is 20.8 Å². The van der Waals surface area contributed by atoms with Crippen LogP contribution in [-0.4, -0.2) is 65.9 Å². The molecule has 172 valence electrons. The first kappa shape index (κ1) is 25.0. The molecule has 1 aromatic carbocycles. The normalized spacial score (nSPS) is 18.3. The molecule has 0 radical (unpaired) electrons. The summed E-state index contributed by atoms with van der Waals surface area (Å²) in [5, 5.41) is 6.41. The van der Waals surface area contributed by atoms with Crippen molar-refractivity contribution in [1.82, 2.24) is 20.4 Å². The van der Waals surface area contributed by atoms with Gasteiger partial charge in [-0.3, -0.25) is 9.59 Å². The molecule has 1 heterocycles. The molecule has 2 N–H and O–H groups in total. The van der Waals surface area contributed by atoms with Gasteiger partial charge in [0.05, 0.1) is 0 Å². The number of carbonyl (C=O) groups is 3. The van der Waals surface area contributed by atoms with Crippen LogP contribution in [0, 0.1) is 5.92 Å². The van der Waals surface area contributed by atoms with Gasteiger partial charge in [-0.2, -0.15) is 0 Å². The van der Waals surface area contributed by atoms with E-state index in [4.69, 9.17) is 11.6 Å². The summed E-state index contributed by atoms with van der Waals surface area (Å²) in [6.07, 6.45) is 2.73. The number of hydrogen-bond acceptors (Lipinski definition) is 3. The van der Waals surface area contributed by atoms with Crippen LogP contribution in [0.2, 0.25) is 5.02 Å². The third-order valence-corrected chi connectivity index (χ3v) is 6.13. The molecule has 0 saturated carbocycles. The molecule has 3 unspecified atom stereocenters. The zero-order valence-corrected chi connectivity index (χ0v) is 19.7. The zero-order valence-electron chi connectivity index (χ0n) is 19.0. The summed E-state index contributed by atoms with van der Waals surface area (Å²) in [6, 6.07) is 5.81. The molecule has 4 amide bonds. The Kier molecular flexibility index (Phi) is 9.62. The molecule has 0 aliphatic carbocycles. The van der Waals surface area contributed by atoms with Crippen molar-refractivity contribution in [3.05, 3.63) is 34.9 Å². The third-order valence-electron chi connectivity index (χ3n) is 5.88. The van der Waals surface area contributed by atoms with E-state index in [9.17, 15) is 14.4 Å². The first-order valence-electron chi connectivity index (χ1n) is 11.2. The number of rotatable bonds is 8. The minimum absolute atomic E-state index is 0.0190. The van der Waals surface area contributed by atoms with Gasteiger partial charge in [-0.25, -0.2) is 4.79 Å². The summed E-state index contributed by atoms with van der Waals surface area (Å²) in [4.78, 5) is 42.0. The fourth-order valence-corrected chi connectivity index (χ4v) is 3.76. The lowest BCUT2D eigenvalue weighted by Gasteiger charge is -2.41. The summed E-state index contributed by atoms with van der Waals surface area (Å²) in [5.74, 6) is -0.415. The van der Waals surface area contributed by atoms with E-state index in [-0.39, 0.29) is 29.8 Å². The quantitative estimate of drug-likeness (QED) is 0.594. The van der Waals surface area contributed by atoms with Crippen molar-refractivity contribution in [3.63, 3.8) is 0 Å². The molecule has 7 nitrogen and oxygen atoms in total. The first-order valence-corrected chi connectivity index (χ1v) is 11.6. The van der Waals surface area contributed by atoms with Crippen LogP contribution in [0.5, 0.6) is 0 Å². The average Bonchev–Trinajstić information content (AvgIpc) is 2.76. The molecule has 0 aromatic heterocycles. The van der Waals surface area contributed by atoms with Gasteiger partial charge in [0.2, 0.25) is 5.91 Å². The lowest BCUT2D eigenvalue weighted by Crippen LogP contribution is -2.61. The number of nitrogens with zero attached hydrogens (tertiary/aromatic N) is 2. The van der Waals surface area contributed by atoms with Gasteiger partial charge in [0.1, 0.15) is 6.04 Å². The van der Waals surface area contributed by atoms with E-state index < -0.39 is 6.04 Å². The maximum Gasteiger partial charge on any atom is 0.317 e. The Balaban J connectivity index is 2.02. The minimum Gasteiger partial charge on any atom is -0.340 e. The lowest BCUT2D eigenvalue weighted by atomic mass is 9.96. The van der Waals surface area contributed by atoms with E-state index in [1.54, 1.807) is 34.1 Å². The number of urea groups is 1. The van der Waals surface area contributed by atoms with Crippen LogP contribution in [0.4, 0.5) is 4.79 Å². The molecule has 31 heavy (non-hydrogen) atoms. The fraction of sp³-hybridized carbons (Fsp3) is 0.609. The van der Waals surface area contributed by atoms with Gasteiger partial charge < -0.3 is 20.4 Å². The highest BCUT2D eigenvalue weighted by Crippen LogP contribution is 2.17. The van der Waals surface area contributed by atoms with Gasteiger partial charge in [0.15, 0.2) is 0 Å². The Morgan fingerprint density at radius 3 is 2.42 bits per heavy atom. The fourth-order valence-electron chi connectivity index (χ4n) is 3.64. The summed E-state index contributed by atoms with van der Waals surface area (Å²) in [6.45, 7) is 10.0. The Morgan fingerprint density at radius 1 is 1.16 bits per heavy atom. The van der Waals surface area contributed by atoms with Crippen LogP contribution in [0.15, 0.2) is 24.3 Å². The molecule has 1 aromatic rings. The van der Waals surface area contributed by atoms with Gasteiger partial charge >= 0.3 is 6.03 Å². The average molecular weight is 451 g/mol. The zero-order chi connectivity index (χ0) is 23.0. The molecule has 1 aliphatic heterocycles. The number of piperazine rings is 1. The van der Waals surface area contributed by atoms with E-state index in [2.05, 4.69) is 17.6 Å². The maximum atomic E-state index is 13.3. The molecule has 2 rings (SSSR count). The van der Waals surface area contributed by atoms with Crippen molar-refractivity contribution in [2.45, 2.75) is 59.0 Å². The molecule has 1 saturated heterocycles. The van der Waals surface area contributed by atoms with Gasteiger partial charge in [0.25, 0.3) is 5.91 Å². The maximum absolute atomic E-state index is 13.3. The van der Waals surface area contributed by atoms with Crippen LogP contribution in [0.25, 0.3) is 0 Å². The number of carbonyl (C=O) groups excluding carboxylic acids is 3. The molecule has 8 heteroatoms. The van der Waals surface area contributed by atoms with E-state index in [0.29, 0.717) is 36.8 Å². The smallest absolute Gasteiger partial charge is 0.317 e. The molecule has 0 bridgehead atoms. The van der Waals surface area contributed by atoms with E-state index in [0.717, 1.165) is 19.3 Å². The number of amides is 4. The second-order valence-corrected chi connectivity index (χ2v) is 8.69. The van der Waals surface area contributed by atoms with Crippen molar-refractivity contribution in [1.29, 1.82) is 0 Å². The first-order chi connectivity index (χ1) is 14.8. The van der Waals surface area contributed by atoms with Crippen molar-refractivity contribution in [2.75, 3.05) is 26.2 Å². The Morgan fingerprint density at radius 2 is 1.84 bits per heavy atom. The second kappa shape index (κ2) is 11.9. The highest BCUT2D eigenvalue weighted by Gasteiger charge is 2.35. The minimum atomic E-state index is -0.620. The van der Waals surface area contributed by atoms with Crippen molar-refractivity contribution >= 4 is 29.4 Å². The number of nitrogens with one attached hydrogen (secondary N) is 2. The van der Waals surface area contributed by atoms with Gasteiger partial charge in [0, 0.05) is 42.8 Å². The molecule has 3 atom stereocenters. The predicted molar refractivity (Wildman–Crippen MR) is 123 cm³/mol. The van der Waals surface area contributed by atoms with Crippen LogP contribution >= 0.6 is 11.6 Å². The summed E-state index contributed by atoms with van der Waals surface area (Å²) >= 11 is 5.91. The Bertz CT molecular complexity index is 756. The van der Waals surface area contributed by atoms with E-state index in [1.165, 1.54) is 0 Å². The van der Waals surface area contributed by atoms with Crippen molar-refractivity contribution < 1.29 is 14.4 Å². The second-order valence-electron chi connectivity index (χ2n) is 8.26. The number of unbranched alkanes of at least 4 members (excludes halogenated alkanes) is 1. The van der Waals surface area contributed by atoms with Crippen LogP contribution in [0.1, 0.15) is 57.3 Å². The monoisotopic (exact) mass is 450 g/mol. The molecule has 0 spiro atoms. The molecule has 1 fully saturated rings. The van der Waals surface area contributed by atoms with Gasteiger partial charge in [-0.1, -0.05) is 45.2 Å². The standard InChI is InChI=1S/C23H35ClN4O3/c1-5-7-12-25-23(31)28-14-13-27(15-17(28)4)22(30)20(16(3)6-2)26-21(29)18-8-10-19(24)11-9-18/h8-11,16-17,20H,5-7,12-15H2,1-4H3,(H,25,31)(H,26,29).